The average Bonchev–Trinajstić information content (AvgIpc) is 2.62. The van der Waals surface area contributed by atoms with Crippen LogP contribution in [0.15, 0.2) is 42.0 Å². The molecule has 0 saturated heterocycles. The molecular formula is C19H23NO7. The molecular weight excluding hydrogens is 354 g/mol. The van der Waals surface area contributed by atoms with Crippen molar-refractivity contribution in [3.05, 3.63) is 47.5 Å². The van der Waals surface area contributed by atoms with Crippen LogP contribution < -0.4 is 0 Å². The van der Waals surface area contributed by atoms with Crippen LogP contribution in [0.3, 0.4) is 0 Å². The third-order valence-corrected chi connectivity index (χ3v) is 3.43. The van der Waals surface area contributed by atoms with Crippen LogP contribution in [0.25, 0.3) is 0 Å². The predicted octanol–water partition coefficient (Wildman–Crippen LogP) is 1.54. The van der Waals surface area contributed by atoms with Crippen LogP contribution in [0.4, 0.5) is 0 Å². The summed E-state index contributed by atoms with van der Waals surface area (Å²) >= 11 is 0. The molecule has 0 aliphatic carbocycles. The molecule has 1 aromatic rings. The number of rotatable bonds is 10. The molecule has 0 radical (unpaired) electrons. The van der Waals surface area contributed by atoms with Crippen molar-refractivity contribution in [1.82, 2.24) is 4.90 Å². The summed E-state index contributed by atoms with van der Waals surface area (Å²) in [7, 11) is 0. The van der Waals surface area contributed by atoms with Crippen LogP contribution in [-0.4, -0.2) is 53.6 Å². The maximum absolute atomic E-state index is 12.4. The lowest BCUT2D eigenvalue weighted by Crippen LogP contribution is -2.36. The normalized spacial score (nSPS) is 10.8. The number of carboxylic acids is 1. The molecule has 0 fully saturated rings. The predicted molar refractivity (Wildman–Crippen MR) is 95.5 cm³/mol. The lowest BCUT2D eigenvalue weighted by molar-refractivity contribution is -0.150. The van der Waals surface area contributed by atoms with Crippen molar-refractivity contribution in [3.63, 3.8) is 0 Å². The Hall–Kier alpha value is -3.16. The Kier molecular flexibility index (Phi) is 9.28. The fraction of sp³-hybridized carbons (Fsp3) is 0.368. The van der Waals surface area contributed by atoms with E-state index in [1.165, 1.54) is 11.8 Å². The number of nitrogens with zero attached hydrogens (tertiary/aromatic N) is 1. The van der Waals surface area contributed by atoms with Gasteiger partial charge < -0.3 is 19.5 Å². The van der Waals surface area contributed by atoms with Gasteiger partial charge in [0.05, 0.1) is 13.0 Å². The van der Waals surface area contributed by atoms with Gasteiger partial charge in [0.15, 0.2) is 0 Å². The summed E-state index contributed by atoms with van der Waals surface area (Å²) in [6, 6.07) is 9.13. The van der Waals surface area contributed by atoms with Gasteiger partial charge in [-0.05, 0) is 19.4 Å². The molecule has 0 aliphatic rings. The third kappa shape index (κ3) is 8.66. The number of hydrogen-bond acceptors (Lipinski definition) is 6. The number of amides is 1. The number of aliphatic carboxylic acids is 1. The summed E-state index contributed by atoms with van der Waals surface area (Å²) in [6.07, 6.45) is 0.700. The number of hydrogen-bond donors (Lipinski definition) is 1. The smallest absolute Gasteiger partial charge is 0.331 e. The van der Waals surface area contributed by atoms with Gasteiger partial charge in [-0.15, -0.1) is 0 Å². The molecule has 1 rings (SSSR count). The van der Waals surface area contributed by atoms with Crippen LogP contribution in [-0.2, 0) is 35.2 Å². The fourth-order valence-electron chi connectivity index (χ4n) is 2.08. The first kappa shape index (κ1) is 21.9. The summed E-state index contributed by atoms with van der Waals surface area (Å²) < 4.78 is 9.73. The van der Waals surface area contributed by atoms with Gasteiger partial charge in [-0.1, -0.05) is 30.3 Å². The summed E-state index contributed by atoms with van der Waals surface area (Å²) in [5.74, 6) is -2.99. The van der Waals surface area contributed by atoms with Crippen molar-refractivity contribution in [2.75, 3.05) is 19.8 Å². The van der Waals surface area contributed by atoms with E-state index in [1.54, 1.807) is 6.92 Å². The molecule has 0 bridgehead atoms. The van der Waals surface area contributed by atoms with Gasteiger partial charge >= 0.3 is 17.9 Å². The van der Waals surface area contributed by atoms with Gasteiger partial charge in [0.1, 0.15) is 13.2 Å². The second kappa shape index (κ2) is 11.5. The minimum Gasteiger partial charge on any atom is -0.478 e. The molecule has 1 aromatic carbocycles. The van der Waals surface area contributed by atoms with E-state index in [0.29, 0.717) is 0 Å². The van der Waals surface area contributed by atoms with Crippen molar-refractivity contribution in [2.24, 2.45) is 0 Å². The van der Waals surface area contributed by atoms with Crippen molar-refractivity contribution >= 4 is 23.8 Å². The minimum atomic E-state index is -1.23. The zero-order chi connectivity index (χ0) is 20.2. The Morgan fingerprint density at radius 1 is 1.11 bits per heavy atom. The summed E-state index contributed by atoms with van der Waals surface area (Å²) in [6.45, 7) is 2.91. The number of carbonyl (C=O) groups excluding carboxylic acids is 3. The molecule has 8 heteroatoms. The molecule has 0 spiro atoms. The molecule has 0 heterocycles. The maximum atomic E-state index is 12.4. The number of esters is 2. The van der Waals surface area contributed by atoms with E-state index < -0.39 is 23.8 Å². The Morgan fingerprint density at radius 3 is 2.37 bits per heavy atom. The number of carboxylic acid groups (broad SMARTS) is 1. The fourth-order valence-corrected chi connectivity index (χ4v) is 2.08. The summed E-state index contributed by atoms with van der Waals surface area (Å²) in [5, 5.41) is 8.70. The van der Waals surface area contributed by atoms with Crippen molar-refractivity contribution < 1.29 is 33.8 Å². The van der Waals surface area contributed by atoms with E-state index in [9.17, 15) is 19.2 Å². The standard InChI is InChI=1S/C19H23NO7/c1-3-26-18(23)13-20(12-15-7-5-4-6-8-15)16(21)9-10-27-17(22)11-14(2)19(24)25/h4-8,11H,3,9-10,12-13H2,1-2H3,(H,24,25). The molecule has 8 nitrogen and oxygen atoms in total. The van der Waals surface area contributed by atoms with Crippen molar-refractivity contribution in [1.29, 1.82) is 0 Å². The van der Waals surface area contributed by atoms with Crippen molar-refractivity contribution in [2.45, 2.75) is 26.8 Å². The Labute approximate surface area is 157 Å². The van der Waals surface area contributed by atoms with Gasteiger partial charge in [0.2, 0.25) is 5.91 Å². The van der Waals surface area contributed by atoms with Gasteiger partial charge in [0.25, 0.3) is 0 Å². The molecule has 27 heavy (non-hydrogen) atoms. The zero-order valence-electron chi connectivity index (χ0n) is 15.3. The Balaban J connectivity index is 2.64. The van der Waals surface area contributed by atoms with Gasteiger partial charge in [-0.3, -0.25) is 9.59 Å². The molecule has 1 N–H and O–H groups in total. The number of benzene rings is 1. The van der Waals surface area contributed by atoms with Gasteiger partial charge in [-0.2, -0.15) is 0 Å². The maximum Gasteiger partial charge on any atom is 0.331 e. The van der Waals surface area contributed by atoms with E-state index in [1.807, 2.05) is 30.3 Å². The molecule has 0 atom stereocenters. The van der Waals surface area contributed by atoms with Gasteiger partial charge in [-0.25, -0.2) is 9.59 Å². The average molecular weight is 377 g/mol. The highest BCUT2D eigenvalue weighted by Gasteiger charge is 2.18. The van der Waals surface area contributed by atoms with E-state index >= 15 is 0 Å². The quantitative estimate of drug-likeness (QED) is 0.486. The lowest BCUT2D eigenvalue weighted by atomic mass is 10.2. The Morgan fingerprint density at radius 2 is 1.78 bits per heavy atom. The summed E-state index contributed by atoms with van der Waals surface area (Å²) in [5.41, 5.74) is 0.673. The largest absolute Gasteiger partial charge is 0.478 e. The van der Waals surface area contributed by atoms with Crippen LogP contribution in [0.1, 0.15) is 25.8 Å². The monoisotopic (exact) mass is 377 g/mol. The molecule has 0 unspecified atom stereocenters. The van der Waals surface area contributed by atoms with Crippen LogP contribution in [0, 0.1) is 0 Å². The highest BCUT2D eigenvalue weighted by atomic mass is 16.5. The molecule has 146 valence electrons. The van der Waals surface area contributed by atoms with Crippen molar-refractivity contribution in [3.8, 4) is 0 Å². The lowest BCUT2D eigenvalue weighted by Gasteiger charge is -2.22. The molecule has 0 aliphatic heterocycles. The third-order valence-electron chi connectivity index (χ3n) is 3.43. The zero-order valence-corrected chi connectivity index (χ0v) is 15.3. The van der Waals surface area contributed by atoms with E-state index in [2.05, 4.69) is 0 Å². The highest BCUT2D eigenvalue weighted by molar-refractivity contribution is 5.94. The first-order valence-corrected chi connectivity index (χ1v) is 8.39. The SMILES string of the molecule is CCOC(=O)CN(Cc1ccccc1)C(=O)CCOC(=O)C=C(C)C(=O)O. The number of carbonyl (C=O) groups is 4. The van der Waals surface area contributed by atoms with Crippen LogP contribution in [0.5, 0.6) is 0 Å². The number of ether oxygens (including phenoxy) is 2. The summed E-state index contributed by atoms with van der Waals surface area (Å²) in [4.78, 5) is 47.6. The second-order valence-electron chi connectivity index (χ2n) is 5.59. The van der Waals surface area contributed by atoms with E-state index in [0.717, 1.165) is 11.6 Å². The highest BCUT2D eigenvalue weighted by Crippen LogP contribution is 2.07. The minimum absolute atomic E-state index is 0.141. The van der Waals surface area contributed by atoms with E-state index in [4.69, 9.17) is 14.6 Å². The van der Waals surface area contributed by atoms with Crippen LogP contribution in [0.2, 0.25) is 0 Å². The first-order chi connectivity index (χ1) is 12.8. The molecule has 0 aromatic heterocycles. The molecule has 0 saturated carbocycles. The second-order valence-corrected chi connectivity index (χ2v) is 5.59. The first-order valence-electron chi connectivity index (χ1n) is 8.39. The van der Waals surface area contributed by atoms with Crippen LogP contribution >= 0.6 is 0 Å². The Bertz CT molecular complexity index is 697. The topological polar surface area (TPSA) is 110 Å². The van der Waals surface area contributed by atoms with E-state index in [-0.39, 0.29) is 38.3 Å². The molecule has 1 amide bonds. The van der Waals surface area contributed by atoms with Gasteiger partial charge in [0, 0.05) is 18.2 Å².